The number of hydrogen-bond acceptors (Lipinski definition) is 8. The highest BCUT2D eigenvalue weighted by Crippen LogP contribution is 2.68. The Balaban J connectivity index is 1.63. The summed E-state index contributed by atoms with van der Waals surface area (Å²) in [5.41, 5.74) is -0.0772. The van der Waals surface area contributed by atoms with Crippen molar-refractivity contribution in [3.63, 3.8) is 0 Å². The standard InChI is InChI=1S/C25H32O8/c1-5-14-18(31-11(2)26)8-16-13-6-7-15-21(28)22(29)19-10-25(15,23(30)33-19)17(13)9-20(24(14,16)4)32-12(3)27/h5,7,13,16-22,28-29H,6,8-10H2,1-4H3/b14-5+/t13-,16-,17-,18-,19-,20+,21+,22-,24+,25+/m0/s1. The minimum Gasteiger partial charge on any atom is -0.462 e. The van der Waals surface area contributed by atoms with Gasteiger partial charge in [0.2, 0.25) is 0 Å². The van der Waals surface area contributed by atoms with E-state index >= 15 is 0 Å². The molecule has 0 amide bonds. The van der Waals surface area contributed by atoms with Crippen LogP contribution in [0.1, 0.15) is 53.4 Å². The lowest BCUT2D eigenvalue weighted by atomic mass is 9.46. The van der Waals surface area contributed by atoms with Crippen LogP contribution in [0.3, 0.4) is 0 Å². The summed E-state index contributed by atoms with van der Waals surface area (Å²) in [7, 11) is 0. The van der Waals surface area contributed by atoms with Gasteiger partial charge in [-0.1, -0.05) is 19.1 Å². The summed E-state index contributed by atoms with van der Waals surface area (Å²) in [4.78, 5) is 37.3. The molecule has 8 nitrogen and oxygen atoms in total. The van der Waals surface area contributed by atoms with Gasteiger partial charge in [-0.3, -0.25) is 14.4 Å². The third-order valence-corrected chi connectivity index (χ3v) is 9.23. The first kappa shape index (κ1) is 22.6. The summed E-state index contributed by atoms with van der Waals surface area (Å²) in [6.07, 6.45) is 1.87. The van der Waals surface area contributed by atoms with Crippen molar-refractivity contribution < 1.29 is 38.8 Å². The van der Waals surface area contributed by atoms with Crippen LogP contribution >= 0.6 is 0 Å². The molecule has 5 rings (SSSR count). The van der Waals surface area contributed by atoms with Crippen molar-refractivity contribution in [2.75, 3.05) is 0 Å². The van der Waals surface area contributed by atoms with Crippen LogP contribution in [0.15, 0.2) is 23.3 Å². The molecule has 0 unspecified atom stereocenters. The van der Waals surface area contributed by atoms with Gasteiger partial charge in [-0.25, -0.2) is 0 Å². The third kappa shape index (κ3) is 2.86. The molecule has 8 heteroatoms. The van der Waals surface area contributed by atoms with Gasteiger partial charge in [0.05, 0.1) is 5.41 Å². The SMILES string of the molecule is C/C=C1\[C@@H](OC(C)=O)C[C@H]2[C@@H]3CC=C4[C@@H](O)[C@@H](O)[C@@H]5C[C@]4(C(=O)O5)[C@H]3C[C@@H](OC(C)=O)[C@]12C. The van der Waals surface area contributed by atoms with E-state index in [1.165, 1.54) is 13.8 Å². The Morgan fingerprint density at radius 2 is 1.85 bits per heavy atom. The van der Waals surface area contributed by atoms with E-state index in [-0.39, 0.29) is 23.7 Å². The van der Waals surface area contributed by atoms with Crippen molar-refractivity contribution >= 4 is 17.9 Å². The first-order valence-corrected chi connectivity index (χ1v) is 11.8. The fourth-order valence-corrected chi connectivity index (χ4v) is 8.06. The monoisotopic (exact) mass is 460 g/mol. The average Bonchev–Trinajstić information content (AvgIpc) is 3.20. The van der Waals surface area contributed by atoms with Crippen molar-refractivity contribution in [3.05, 3.63) is 23.3 Å². The lowest BCUT2D eigenvalue weighted by Gasteiger charge is -2.57. The fourth-order valence-electron chi connectivity index (χ4n) is 8.06. The number of hydrogen-bond donors (Lipinski definition) is 2. The van der Waals surface area contributed by atoms with E-state index in [2.05, 4.69) is 6.92 Å². The first-order chi connectivity index (χ1) is 15.5. The number of carbonyl (C=O) groups is 3. The first-order valence-electron chi connectivity index (χ1n) is 11.8. The van der Waals surface area contributed by atoms with Gasteiger partial charge in [0.25, 0.3) is 0 Å². The number of aliphatic hydroxyl groups is 2. The normalized spacial score (nSPS) is 48.8. The summed E-state index contributed by atoms with van der Waals surface area (Å²) in [6.45, 7) is 6.75. The van der Waals surface area contributed by atoms with Crippen molar-refractivity contribution in [1.82, 2.24) is 0 Å². The second kappa shape index (κ2) is 7.40. The fraction of sp³-hybridized carbons (Fsp3) is 0.720. The molecule has 3 saturated carbocycles. The van der Waals surface area contributed by atoms with Crippen molar-refractivity contribution in [2.45, 2.75) is 83.9 Å². The van der Waals surface area contributed by atoms with E-state index in [1.807, 2.05) is 19.1 Å². The van der Waals surface area contributed by atoms with Gasteiger partial charge in [-0.15, -0.1) is 0 Å². The van der Waals surface area contributed by atoms with Crippen molar-refractivity contribution in [3.8, 4) is 0 Å². The van der Waals surface area contributed by atoms with Crippen LogP contribution in [0.25, 0.3) is 0 Å². The van der Waals surface area contributed by atoms with Gasteiger partial charge < -0.3 is 24.4 Å². The van der Waals surface area contributed by atoms with Crippen LogP contribution in [0, 0.1) is 28.6 Å². The Bertz CT molecular complexity index is 967. The highest BCUT2D eigenvalue weighted by molar-refractivity contribution is 5.85. The molecule has 1 aliphatic heterocycles. The Kier molecular flexibility index (Phi) is 5.07. The molecule has 1 spiro atoms. The summed E-state index contributed by atoms with van der Waals surface area (Å²) >= 11 is 0. The van der Waals surface area contributed by atoms with Gasteiger partial charge in [-0.05, 0) is 55.1 Å². The molecule has 180 valence electrons. The lowest BCUT2D eigenvalue weighted by Crippen LogP contribution is -2.59. The zero-order valence-corrected chi connectivity index (χ0v) is 19.4. The van der Waals surface area contributed by atoms with E-state index in [0.29, 0.717) is 31.3 Å². The molecule has 5 aliphatic rings. The van der Waals surface area contributed by atoms with Crippen LogP contribution < -0.4 is 0 Å². The van der Waals surface area contributed by atoms with Gasteiger partial charge in [-0.2, -0.15) is 0 Å². The molecule has 1 heterocycles. The van der Waals surface area contributed by atoms with Crippen molar-refractivity contribution in [2.24, 2.45) is 28.6 Å². The Morgan fingerprint density at radius 3 is 2.48 bits per heavy atom. The van der Waals surface area contributed by atoms with Gasteiger partial charge in [0.1, 0.15) is 30.5 Å². The minimum absolute atomic E-state index is 0.000771. The molecule has 2 bridgehead atoms. The maximum atomic E-state index is 13.3. The highest BCUT2D eigenvalue weighted by Gasteiger charge is 2.71. The average molecular weight is 461 g/mol. The maximum Gasteiger partial charge on any atom is 0.317 e. The van der Waals surface area contributed by atoms with Crippen LogP contribution in [-0.2, 0) is 28.6 Å². The van der Waals surface area contributed by atoms with Gasteiger partial charge >= 0.3 is 17.9 Å². The molecule has 0 radical (unpaired) electrons. The Hall–Kier alpha value is -2.19. The Labute approximate surface area is 193 Å². The zero-order chi connectivity index (χ0) is 23.9. The van der Waals surface area contributed by atoms with E-state index in [0.717, 1.165) is 5.57 Å². The zero-order valence-electron chi connectivity index (χ0n) is 19.4. The molecule has 0 aromatic carbocycles. The van der Waals surface area contributed by atoms with E-state index < -0.39 is 53.3 Å². The van der Waals surface area contributed by atoms with Crippen molar-refractivity contribution in [1.29, 1.82) is 0 Å². The molecule has 4 fully saturated rings. The molecule has 0 aromatic heterocycles. The van der Waals surface area contributed by atoms with Crippen LogP contribution in [-0.4, -0.2) is 58.6 Å². The second-order valence-electron chi connectivity index (χ2n) is 10.5. The molecule has 2 N–H and O–H groups in total. The topological polar surface area (TPSA) is 119 Å². The largest absolute Gasteiger partial charge is 0.462 e. The lowest BCUT2D eigenvalue weighted by molar-refractivity contribution is -0.170. The minimum atomic E-state index is -1.15. The summed E-state index contributed by atoms with van der Waals surface area (Å²) in [5.74, 6) is -1.34. The Morgan fingerprint density at radius 1 is 1.15 bits per heavy atom. The van der Waals surface area contributed by atoms with Crippen LogP contribution in [0.4, 0.5) is 0 Å². The predicted molar refractivity (Wildman–Crippen MR) is 114 cm³/mol. The molecule has 4 aliphatic carbocycles. The number of ether oxygens (including phenoxy) is 3. The maximum absolute atomic E-state index is 13.3. The summed E-state index contributed by atoms with van der Waals surface area (Å²) in [6, 6.07) is 0. The molecular formula is C25H32O8. The molecule has 0 aromatic rings. The molecule has 33 heavy (non-hydrogen) atoms. The number of esters is 3. The van der Waals surface area contributed by atoms with Crippen LogP contribution in [0.2, 0.25) is 0 Å². The number of aliphatic hydroxyl groups excluding tert-OH is 2. The third-order valence-electron chi connectivity index (χ3n) is 9.23. The number of allylic oxidation sites excluding steroid dienone is 2. The van der Waals surface area contributed by atoms with Gasteiger partial charge in [0.15, 0.2) is 0 Å². The molecular weight excluding hydrogens is 428 g/mol. The quantitative estimate of drug-likeness (QED) is 0.364. The molecule has 1 saturated heterocycles. The van der Waals surface area contributed by atoms with E-state index in [4.69, 9.17) is 14.2 Å². The number of carbonyl (C=O) groups excluding carboxylic acids is 3. The molecule has 10 atom stereocenters. The van der Waals surface area contributed by atoms with E-state index in [9.17, 15) is 24.6 Å². The number of rotatable bonds is 2. The van der Waals surface area contributed by atoms with Crippen LogP contribution in [0.5, 0.6) is 0 Å². The van der Waals surface area contributed by atoms with E-state index in [1.54, 1.807) is 0 Å². The summed E-state index contributed by atoms with van der Waals surface area (Å²) < 4.78 is 17.2. The highest BCUT2D eigenvalue weighted by atomic mass is 16.6. The smallest absolute Gasteiger partial charge is 0.317 e. The predicted octanol–water partition coefficient (Wildman–Crippen LogP) is 1.83. The van der Waals surface area contributed by atoms with Gasteiger partial charge in [0, 0.05) is 25.7 Å². The summed E-state index contributed by atoms with van der Waals surface area (Å²) in [5, 5.41) is 21.3. The number of fused-ring (bicyclic) bond motifs is 4. The second-order valence-corrected chi connectivity index (χ2v) is 10.5.